The molecular formula is C21H22FN6O+. The normalized spacial score (nSPS) is 11.3. The molecule has 0 saturated heterocycles. The van der Waals surface area contributed by atoms with Gasteiger partial charge in [0.05, 0.1) is 18.8 Å². The number of hydrogen-bond acceptors (Lipinski definition) is 4. The summed E-state index contributed by atoms with van der Waals surface area (Å²) in [6, 6.07) is 13.6. The van der Waals surface area contributed by atoms with Crippen LogP contribution in [0.5, 0.6) is 0 Å². The van der Waals surface area contributed by atoms with Gasteiger partial charge in [0.2, 0.25) is 5.65 Å². The largest absolute Gasteiger partial charge is 0.428 e. The van der Waals surface area contributed by atoms with E-state index >= 15 is 0 Å². The van der Waals surface area contributed by atoms with Crippen molar-refractivity contribution in [1.82, 2.24) is 19.7 Å². The molecule has 0 radical (unpaired) electrons. The van der Waals surface area contributed by atoms with Crippen LogP contribution in [0.15, 0.2) is 47.3 Å². The quantitative estimate of drug-likeness (QED) is 0.510. The van der Waals surface area contributed by atoms with Crippen LogP contribution in [0.4, 0.5) is 10.3 Å². The van der Waals surface area contributed by atoms with Crippen LogP contribution in [0.3, 0.4) is 0 Å². The maximum atomic E-state index is 12.9. The third-order valence-electron chi connectivity index (χ3n) is 4.75. The Balaban J connectivity index is 2.11. The summed E-state index contributed by atoms with van der Waals surface area (Å²) in [6.07, 6.45) is 0.231. The van der Waals surface area contributed by atoms with Gasteiger partial charge in [0.25, 0.3) is 0 Å². The molecule has 0 unspecified atom stereocenters. The van der Waals surface area contributed by atoms with E-state index < -0.39 is 6.67 Å². The molecule has 0 aliphatic rings. The number of nitrogens with two attached hydrogens (primary N) is 1. The lowest BCUT2D eigenvalue weighted by atomic mass is 9.99. The number of nitrogens with zero attached hydrogens (tertiary/aromatic N) is 4. The molecule has 3 aromatic heterocycles. The van der Waals surface area contributed by atoms with Crippen molar-refractivity contribution in [2.45, 2.75) is 26.8 Å². The fourth-order valence-corrected chi connectivity index (χ4v) is 3.58. The first-order chi connectivity index (χ1) is 14.0. The summed E-state index contributed by atoms with van der Waals surface area (Å²) in [5.74, 6) is 0.0744. The molecule has 1 aromatic carbocycles. The van der Waals surface area contributed by atoms with Crippen LogP contribution in [0, 0.1) is 13.8 Å². The van der Waals surface area contributed by atoms with Crippen LogP contribution in [0.1, 0.15) is 17.8 Å². The molecule has 29 heavy (non-hydrogen) atoms. The Hall–Kier alpha value is -3.55. The summed E-state index contributed by atoms with van der Waals surface area (Å²) < 4.78 is 15.4. The predicted octanol–water partition coefficient (Wildman–Crippen LogP) is 2.60. The topological polar surface area (TPSA) is 93.7 Å². The van der Waals surface area contributed by atoms with Gasteiger partial charge in [-0.25, -0.2) is 9.89 Å². The van der Waals surface area contributed by atoms with E-state index in [0.717, 1.165) is 28.1 Å². The third kappa shape index (κ3) is 3.37. The van der Waals surface area contributed by atoms with E-state index in [2.05, 4.69) is 15.1 Å². The van der Waals surface area contributed by atoms with Gasteiger partial charge in [-0.05, 0) is 31.5 Å². The fraction of sp³-hybridized carbons (Fsp3) is 0.238. The van der Waals surface area contributed by atoms with Crippen molar-refractivity contribution >= 4 is 11.6 Å². The van der Waals surface area contributed by atoms with E-state index in [9.17, 15) is 9.18 Å². The van der Waals surface area contributed by atoms with E-state index in [4.69, 9.17) is 5.73 Å². The molecule has 0 atom stereocenters. The Morgan fingerprint density at radius 2 is 1.79 bits per heavy atom. The van der Waals surface area contributed by atoms with Crippen molar-refractivity contribution in [3.8, 4) is 22.4 Å². The highest BCUT2D eigenvalue weighted by molar-refractivity contribution is 5.88. The van der Waals surface area contributed by atoms with Crippen LogP contribution in [0.2, 0.25) is 0 Å². The van der Waals surface area contributed by atoms with Gasteiger partial charge in [-0.3, -0.25) is 9.37 Å². The first kappa shape index (κ1) is 18.8. The van der Waals surface area contributed by atoms with Crippen LogP contribution >= 0.6 is 0 Å². The van der Waals surface area contributed by atoms with Crippen LogP contribution in [-0.4, -0.2) is 26.4 Å². The van der Waals surface area contributed by atoms with Gasteiger partial charge in [0.1, 0.15) is 5.69 Å². The fourth-order valence-electron chi connectivity index (χ4n) is 3.58. The number of aromatic nitrogens is 5. The highest BCUT2D eigenvalue weighted by Gasteiger charge is 2.25. The summed E-state index contributed by atoms with van der Waals surface area (Å²) in [5, 5.41) is 3.12. The molecule has 3 N–H and O–H groups in total. The monoisotopic (exact) mass is 393 g/mol. The SMILES string of the molecule is Cc1cc(-c2c(-c3ccccc3)nc(N)[n+]3c(=O)n(CCCF)[nH]c23)cc(C)n1. The van der Waals surface area contributed by atoms with Gasteiger partial charge in [-0.1, -0.05) is 30.3 Å². The van der Waals surface area contributed by atoms with E-state index in [1.165, 1.54) is 9.08 Å². The van der Waals surface area contributed by atoms with E-state index in [1.807, 2.05) is 56.3 Å². The minimum Gasteiger partial charge on any atom is -0.319 e. The number of pyridine rings is 1. The second kappa shape index (κ2) is 7.46. The van der Waals surface area contributed by atoms with Crippen LogP contribution in [0.25, 0.3) is 28.0 Å². The number of rotatable bonds is 5. The van der Waals surface area contributed by atoms with Gasteiger partial charge in [0, 0.05) is 23.4 Å². The lowest BCUT2D eigenvalue weighted by Crippen LogP contribution is -2.44. The van der Waals surface area contributed by atoms with E-state index in [-0.39, 0.29) is 24.6 Å². The van der Waals surface area contributed by atoms with Crippen molar-refractivity contribution in [1.29, 1.82) is 0 Å². The molecular weight excluding hydrogens is 371 g/mol. The molecule has 0 amide bonds. The molecule has 0 saturated carbocycles. The van der Waals surface area contributed by atoms with Crippen molar-refractivity contribution in [3.05, 3.63) is 64.3 Å². The average Bonchev–Trinajstić information content (AvgIpc) is 3.03. The minimum absolute atomic E-state index is 0.0744. The maximum absolute atomic E-state index is 12.9. The number of aryl methyl sites for hydroxylation is 3. The lowest BCUT2D eigenvalue weighted by molar-refractivity contribution is -0.516. The number of alkyl halides is 1. The molecule has 3 heterocycles. The smallest absolute Gasteiger partial charge is 0.319 e. The summed E-state index contributed by atoms with van der Waals surface area (Å²) in [5.41, 5.74) is 11.2. The van der Waals surface area contributed by atoms with Gasteiger partial charge in [0.15, 0.2) is 0 Å². The van der Waals surface area contributed by atoms with E-state index in [0.29, 0.717) is 11.3 Å². The number of fused-ring (bicyclic) bond motifs is 1. The molecule has 7 nitrogen and oxygen atoms in total. The van der Waals surface area contributed by atoms with Crippen LogP contribution in [-0.2, 0) is 6.54 Å². The predicted molar refractivity (Wildman–Crippen MR) is 109 cm³/mol. The second-order valence-electron chi connectivity index (χ2n) is 6.97. The zero-order valence-electron chi connectivity index (χ0n) is 16.3. The number of nitrogens with one attached hydrogen (secondary N) is 1. The Morgan fingerprint density at radius 3 is 2.45 bits per heavy atom. The van der Waals surface area contributed by atoms with Gasteiger partial charge < -0.3 is 5.73 Å². The Labute approximate surface area is 166 Å². The molecule has 0 aliphatic carbocycles. The molecule has 0 fully saturated rings. The number of nitrogen functional groups attached to an aromatic ring is 1. The second-order valence-corrected chi connectivity index (χ2v) is 6.97. The highest BCUT2D eigenvalue weighted by atomic mass is 19.1. The molecule has 4 aromatic rings. The van der Waals surface area contributed by atoms with Crippen LogP contribution < -0.4 is 15.8 Å². The van der Waals surface area contributed by atoms with E-state index in [1.54, 1.807) is 0 Å². The number of H-pyrrole nitrogens is 1. The molecule has 4 rings (SSSR count). The van der Waals surface area contributed by atoms with Gasteiger partial charge >= 0.3 is 11.6 Å². The Bertz CT molecular complexity index is 1230. The van der Waals surface area contributed by atoms with Crippen molar-refractivity contribution in [2.24, 2.45) is 0 Å². The summed E-state index contributed by atoms with van der Waals surface area (Å²) in [7, 11) is 0. The molecule has 0 aliphatic heterocycles. The maximum Gasteiger partial charge on any atom is 0.428 e. The van der Waals surface area contributed by atoms with Crippen molar-refractivity contribution in [3.63, 3.8) is 0 Å². The number of hydrogen-bond donors (Lipinski definition) is 2. The average molecular weight is 393 g/mol. The summed E-state index contributed by atoms with van der Waals surface area (Å²) >= 11 is 0. The first-order valence-corrected chi connectivity index (χ1v) is 9.40. The number of halogens is 1. The lowest BCUT2D eigenvalue weighted by Gasteiger charge is -2.10. The number of benzene rings is 1. The van der Waals surface area contributed by atoms with Crippen molar-refractivity contribution in [2.75, 3.05) is 12.4 Å². The number of anilines is 1. The molecule has 0 bridgehead atoms. The molecule has 148 valence electrons. The number of aromatic amines is 1. The zero-order valence-corrected chi connectivity index (χ0v) is 16.3. The Kier molecular flexibility index (Phi) is 4.84. The van der Waals surface area contributed by atoms with Crippen molar-refractivity contribution < 1.29 is 8.79 Å². The van der Waals surface area contributed by atoms with Gasteiger partial charge in [-0.2, -0.15) is 4.68 Å². The highest BCUT2D eigenvalue weighted by Crippen LogP contribution is 2.33. The molecule has 0 spiro atoms. The third-order valence-corrected chi connectivity index (χ3v) is 4.75. The summed E-state index contributed by atoms with van der Waals surface area (Å²) in [6.45, 7) is 3.56. The Morgan fingerprint density at radius 1 is 1.10 bits per heavy atom. The molecule has 8 heteroatoms. The van der Waals surface area contributed by atoms with Gasteiger partial charge in [-0.15, -0.1) is 9.38 Å². The standard InChI is InChI=1S/C21H21FN6O/c1-13-11-16(12-14(2)24-13)17-18(15-7-4-3-5-8-15)25-20(23)28-19(17)26-27(21(28)29)10-6-9-22/h3-5,7-8,11-12H,6,9-10H2,1-2H3,(H2,23,24,25,26)/p+1. The first-order valence-electron chi connectivity index (χ1n) is 9.40. The summed E-state index contributed by atoms with van der Waals surface area (Å²) in [4.78, 5) is 21.9. The zero-order chi connectivity index (χ0) is 20.5. The minimum atomic E-state index is -0.509.